The van der Waals surface area contributed by atoms with Crippen LogP contribution < -0.4 is 5.32 Å². The molecule has 1 fully saturated rings. The zero-order valence-corrected chi connectivity index (χ0v) is 9.39. The quantitative estimate of drug-likeness (QED) is 0.727. The van der Waals surface area contributed by atoms with Gasteiger partial charge in [0.15, 0.2) is 0 Å². The summed E-state index contributed by atoms with van der Waals surface area (Å²) in [6, 6.07) is 0.536. The van der Waals surface area contributed by atoms with Gasteiger partial charge in [-0.05, 0) is 18.8 Å². The molecule has 0 amide bonds. The molecule has 0 aromatic heterocycles. The van der Waals surface area contributed by atoms with E-state index >= 15 is 0 Å². The Bertz CT molecular complexity index is 152. The van der Waals surface area contributed by atoms with Crippen LogP contribution in [-0.4, -0.2) is 24.8 Å². The first-order chi connectivity index (χ1) is 6.13. The van der Waals surface area contributed by atoms with Gasteiger partial charge < -0.3 is 10.1 Å². The van der Waals surface area contributed by atoms with Crippen molar-refractivity contribution >= 4 is 0 Å². The molecule has 1 N–H and O–H groups in total. The van der Waals surface area contributed by atoms with Crippen LogP contribution in [0, 0.1) is 5.92 Å². The molecule has 1 rings (SSSR count). The maximum absolute atomic E-state index is 5.68. The minimum atomic E-state index is 0.243. The Hall–Kier alpha value is -0.0800. The van der Waals surface area contributed by atoms with Crippen LogP contribution >= 0.6 is 0 Å². The molecule has 2 nitrogen and oxygen atoms in total. The van der Waals surface area contributed by atoms with E-state index < -0.39 is 0 Å². The lowest BCUT2D eigenvalue weighted by Gasteiger charge is -2.42. The van der Waals surface area contributed by atoms with Crippen molar-refractivity contribution in [1.29, 1.82) is 0 Å². The molecule has 0 spiro atoms. The Labute approximate surface area is 82.0 Å². The highest BCUT2D eigenvalue weighted by atomic mass is 16.5. The number of rotatable bonds is 3. The lowest BCUT2D eigenvalue weighted by Crippen LogP contribution is -2.60. The molecule has 13 heavy (non-hydrogen) atoms. The summed E-state index contributed by atoms with van der Waals surface area (Å²) in [5.74, 6) is 0.665. The standard InChI is InChI=1S/C11H23NO/c1-5-11(6-2)8-13-7-10(12-11)9(3)4/h9-10,12H,5-8H2,1-4H3/t10-/m0/s1. The number of ether oxygens (including phenoxy) is 1. The Morgan fingerprint density at radius 3 is 2.46 bits per heavy atom. The molecule has 1 saturated heterocycles. The van der Waals surface area contributed by atoms with Gasteiger partial charge in [-0.15, -0.1) is 0 Å². The molecule has 1 aliphatic heterocycles. The lowest BCUT2D eigenvalue weighted by atomic mass is 9.89. The van der Waals surface area contributed by atoms with Crippen molar-refractivity contribution in [2.75, 3.05) is 13.2 Å². The third kappa shape index (κ3) is 2.44. The average molecular weight is 185 g/mol. The third-order valence-corrected chi connectivity index (χ3v) is 3.33. The predicted octanol–water partition coefficient (Wildman–Crippen LogP) is 2.19. The van der Waals surface area contributed by atoms with Crippen LogP contribution in [0.2, 0.25) is 0 Å². The second kappa shape index (κ2) is 4.43. The smallest absolute Gasteiger partial charge is 0.0648 e. The fourth-order valence-electron chi connectivity index (χ4n) is 1.88. The van der Waals surface area contributed by atoms with Crippen molar-refractivity contribution < 1.29 is 4.74 Å². The molecular weight excluding hydrogens is 162 g/mol. The van der Waals surface area contributed by atoms with Gasteiger partial charge >= 0.3 is 0 Å². The maximum atomic E-state index is 5.68. The number of morpholine rings is 1. The molecule has 0 unspecified atom stereocenters. The molecule has 1 aliphatic rings. The van der Waals surface area contributed by atoms with Crippen LogP contribution in [0.4, 0.5) is 0 Å². The molecule has 1 atom stereocenters. The van der Waals surface area contributed by atoms with Gasteiger partial charge in [-0.2, -0.15) is 0 Å². The summed E-state index contributed by atoms with van der Waals surface area (Å²) in [4.78, 5) is 0. The fraction of sp³-hybridized carbons (Fsp3) is 1.00. The van der Waals surface area contributed by atoms with Crippen LogP contribution in [0.5, 0.6) is 0 Å². The highest BCUT2D eigenvalue weighted by Gasteiger charge is 2.34. The van der Waals surface area contributed by atoms with E-state index in [1.165, 1.54) is 0 Å². The first kappa shape index (κ1) is 11.0. The molecule has 0 radical (unpaired) electrons. The van der Waals surface area contributed by atoms with E-state index in [1.807, 2.05) is 0 Å². The van der Waals surface area contributed by atoms with Gasteiger partial charge in [0.2, 0.25) is 0 Å². The van der Waals surface area contributed by atoms with Gasteiger partial charge in [0, 0.05) is 11.6 Å². The van der Waals surface area contributed by atoms with Crippen LogP contribution in [0.3, 0.4) is 0 Å². The van der Waals surface area contributed by atoms with Crippen LogP contribution in [-0.2, 0) is 4.74 Å². The SMILES string of the molecule is CCC1(CC)COC[C@@H](C(C)C)N1. The van der Waals surface area contributed by atoms with E-state index in [9.17, 15) is 0 Å². The lowest BCUT2D eigenvalue weighted by molar-refractivity contribution is -0.0165. The van der Waals surface area contributed by atoms with Crippen LogP contribution in [0.1, 0.15) is 40.5 Å². The summed E-state index contributed by atoms with van der Waals surface area (Å²) >= 11 is 0. The molecule has 0 aromatic rings. The summed E-state index contributed by atoms with van der Waals surface area (Å²) < 4.78 is 5.68. The van der Waals surface area contributed by atoms with E-state index in [4.69, 9.17) is 4.74 Å². The van der Waals surface area contributed by atoms with E-state index in [2.05, 4.69) is 33.0 Å². The van der Waals surface area contributed by atoms with Gasteiger partial charge in [0.25, 0.3) is 0 Å². The Morgan fingerprint density at radius 2 is 2.00 bits per heavy atom. The maximum Gasteiger partial charge on any atom is 0.0648 e. The van der Waals surface area contributed by atoms with Crippen molar-refractivity contribution in [2.24, 2.45) is 5.92 Å². The van der Waals surface area contributed by atoms with Gasteiger partial charge in [-0.25, -0.2) is 0 Å². The van der Waals surface area contributed by atoms with E-state index in [-0.39, 0.29) is 5.54 Å². The van der Waals surface area contributed by atoms with Gasteiger partial charge in [0.1, 0.15) is 0 Å². The molecule has 0 saturated carbocycles. The van der Waals surface area contributed by atoms with Crippen LogP contribution in [0.25, 0.3) is 0 Å². The van der Waals surface area contributed by atoms with Crippen molar-refractivity contribution in [1.82, 2.24) is 5.32 Å². The Balaban J connectivity index is 2.58. The number of nitrogens with one attached hydrogen (secondary N) is 1. The third-order valence-electron chi connectivity index (χ3n) is 3.33. The molecule has 78 valence electrons. The number of hydrogen-bond acceptors (Lipinski definition) is 2. The summed E-state index contributed by atoms with van der Waals surface area (Å²) in [6.07, 6.45) is 2.32. The first-order valence-corrected chi connectivity index (χ1v) is 5.49. The van der Waals surface area contributed by atoms with Crippen molar-refractivity contribution in [3.8, 4) is 0 Å². The van der Waals surface area contributed by atoms with E-state index in [0.717, 1.165) is 26.1 Å². The van der Waals surface area contributed by atoms with Crippen molar-refractivity contribution in [3.05, 3.63) is 0 Å². The van der Waals surface area contributed by atoms with Crippen molar-refractivity contribution in [3.63, 3.8) is 0 Å². The zero-order valence-electron chi connectivity index (χ0n) is 9.39. The average Bonchev–Trinajstić information content (AvgIpc) is 2.18. The van der Waals surface area contributed by atoms with Crippen LogP contribution in [0.15, 0.2) is 0 Å². The molecule has 0 aliphatic carbocycles. The summed E-state index contributed by atoms with van der Waals surface area (Å²) in [6.45, 7) is 10.7. The van der Waals surface area contributed by atoms with Gasteiger partial charge in [-0.3, -0.25) is 0 Å². The van der Waals surface area contributed by atoms with Crippen molar-refractivity contribution in [2.45, 2.75) is 52.1 Å². The van der Waals surface area contributed by atoms with E-state index in [0.29, 0.717) is 12.0 Å². The normalized spacial score (nSPS) is 27.9. The second-order valence-electron chi connectivity index (χ2n) is 4.50. The predicted molar refractivity (Wildman–Crippen MR) is 55.9 cm³/mol. The molecule has 0 bridgehead atoms. The molecular formula is C11H23NO. The summed E-state index contributed by atoms with van der Waals surface area (Å²) in [5.41, 5.74) is 0.243. The second-order valence-corrected chi connectivity index (χ2v) is 4.50. The monoisotopic (exact) mass is 185 g/mol. The largest absolute Gasteiger partial charge is 0.378 e. The topological polar surface area (TPSA) is 21.3 Å². The highest BCUT2D eigenvalue weighted by Crippen LogP contribution is 2.22. The zero-order chi connectivity index (χ0) is 9.90. The minimum Gasteiger partial charge on any atom is -0.378 e. The van der Waals surface area contributed by atoms with Gasteiger partial charge in [0.05, 0.1) is 13.2 Å². The molecule has 0 aromatic carbocycles. The minimum absolute atomic E-state index is 0.243. The van der Waals surface area contributed by atoms with E-state index in [1.54, 1.807) is 0 Å². The highest BCUT2D eigenvalue weighted by molar-refractivity contribution is 4.92. The fourth-order valence-corrected chi connectivity index (χ4v) is 1.88. The Morgan fingerprint density at radius 1 is 1.38 bits per heavy atom. The number of hydrogen-bond donors (Lipinski definition) is 1. The Kier molecular flexibility index (Phi) is 3.74. The summed E-state index contributed by atoms with van der Waals surface area (Å²) in [7, 11) is 0. The summed E-state index contributed by atoms with van der Waals surface area (Å²) in [5, 5.41) is 3.74. The molecule has 2 heteroatoms. The molecule has 1 heterocycles. The first-order valence-electron chi connectivity index (χ1n) is 5.49. The van der Waals surface area contributed by atoms with Gasteiger partial charge in [-0.1, -0.05) is 27.7 Å².